The molecule has 0 atom stereocenters. The zero-order valence-electron chi connectivity index (χ0n) is 9.99. The largest absolute Gasteiger partial charge is 0.214 e. The maximum atomic E-state index is 12.1. The highest BCUT2D eigenvalue weighted by Crippen LogP contribution is 2.30. The maximum absolute atomic E-state index is 12.1. The first kappa shape index (κ1) is 14.3. The minimum absolute atomic E-state index is 0.264. The minimum Gasteiger partial charge on any atom is -0.212 e. The van der Waals surface area contributed by atoms with Crippen molar-refractivity contribution in [2.45, 2.75) is 51.5 Å². The maximum Gasteiger partial charge on any atom is 0.214 e. The highest BCUT2D eigenvalue weighted by Gasteiger charge is 2.36. The Balaban J connectivity index is 2.47. The van der Waals surface area contributed by atoms with Crippen molar-refractivity contribution in [2.24, 2.45) is 0 Å². The monoisotopic (exact) mass is 267 g/mol. The van der Waals surface area contributed by atoms with Crippen molar-refractivity contribution >= 4 is 21.6 Å². The molecule has 16 heavy (non-hydrogen) atoms. The van der Waals surface area contributed by atoms with E-state index in [4.69, 9.17) is 11.6 Å². The third-order valence-electron chi connectivity index (χ3n) is 2.83. The summed E-state index contributed by atoms with van der Waals surface area (Å²) in [6.07, 6.45) is 5.55. The zero-order valence-corrected chi connectivity index (χ0v) is 11.6. The molecule has 0 N–H and O–H groups in total. The van der Waals surface area contributed by atoms with Crippen LogP contribution in [0.2, 0.25) is 0 Å². The fourth-order valence-electron chi connectivity index (χ4n) is 1.72. The van der Waals surface area contributed by atoms with Gasteiger partial charge in [0.25, 0.3) is 0 Å². The molecule has 96 valence electrons. The van der Waals surface area contributed by atoms with Crippen LogP contribution in [0.3, 0.4) is 0 Å². The van der Waals surface area contributed by atoms with Crippen molar-refractivity contribution in [1.82, 2.24) is 4.31 Å². The number of hydrogen-bond acceptors (Lipinski definition) is 2. The SMILES string of the molecule is CCCCN(C1CC1)S(=O)(=O)CCCCCl. The van der Waals surface area contributed by atoms with Gasteiger partial charge in [-0.15, -0.1) is 11.6 Å². The van der Waals surface area contributed by atoms with E-state index in [1.165, 1.54) is 0 Å². The Morgan fingerprint density at radius 1 is 1.25 bits per heavy atom. The van der Waals surface area contributed by atoms with Gasteiger partial charge < -0.3 is 0 Å². The van der Waals surface area contributed by atoms with Gasteiger partial charge in [-0.25, -0.2) is 8.42 Å². The molecular formula is C11H22ClNO2S. The van der Waals surface area contributed by atoms with Crippen LogP contribution in [0.25, 0.3) is 0 Å². The molecule has 0 saturated heterocycles. The summed E-state index contributed by atoms with van der Waals surface area (Å²) in [7, 11) is -3.03. The van der Waals surface area contributed by atoms with Gasteiger partial charge in [0.1, 0.15) is 0 Å². The first-order valence-corrected chi connectivity index (χ1v) is 8.31. The zero-order chi connectivity index (χ0) is 12.0. The predicted octanol–water partition coefficient (Wildman–Crippen LogP) is 2.60. The average molecular weight is 268 g/mol. The lowest BCUT2D eigenvalue weighted by molar-refractivity contribution is 0.395. The molecule has 0 heterocycles. The summed E-state index contributed by atoms with van der Waals surface area (Å²) in [4.78, 5) is 0. The molecule has 0 spiro atoms. The van der Waals surface area contributed by atoms with E-state index in [1.807, 2.05) is 0 Å². The van der Waals surface area contributed by atoms with Crippen molar-refractivity contribution in [3.8, 4) is 0 Å². The quantitative estimate of drug-likeness (QED) is 0.476. The second-order valence-electron chi connectivity index (χ2n) is 4.41. The average Bonchev–Trinajstić information content (AvgIpc) is 3.02. The lowest BCUT2D eigenvalue weighted by atomic mass is 10.3. The Hall–Kier alpha value is 0.200. The summed E-state index contributed by atoms with van der Waals surface area (Å²) >= 11 is 5.56. The Morgan fingerprint density at radius 3 is 2.44 bits per heavy atom. The van der Waals surface area contributed by atoms with Crippen LogP contribution >= 0.6 is 11.6 Å². The molecule has 0 aliphatic heterocycles. The second kappa shape index (κ2) is 6.82. The van der Waals surface area contributed by atoms with E-state index in [0.29, 0.717) is 24.9 Å². The fraction of sp³-hybridized carbons (Fsp3) is 1.00. The summed E-state index contributed by atoms with van der Waals surface area (Å²) in [5.41, 5.74) is 0. The molecule has 0 amide bonds. The molecule has 1 rings (SSSR count). The third-order valence-corrected chi connectivity index (χ3v) is 5.10. The van der Waals surface area contributed by atoms with Crippen molar-refractivity contribution in [3.05, 3.63) is 0 Å². The topological polar surface area (TPSA) is 37.4 Å². The van der Waals surface area contributed by atoms with E-state index >= 15 is 0 Å². The highest BCUT2D eigenvalue weighted by molar-refractivity contribution is 7.89. The van der Waals surface area contributed by atoms with Gasteiger partial charge in [0.05, 0.1) is 5.75 Å². The van der Waals surface area contributed by atoms with Gasteiger partial charge in [-0.2, -0.15) is 4.31 Å². The number of halogens is 1. The summed E-state index contributed by atoms with van der Waals surface area (Å²) in [6.45, 7) is 2.79. The summed E-state index contributed by atoms with van der Waals surface area (Å²) in [5, 5.41) is 0. The first-order chi connectivity index (χ1) is 7.61. The molecule has 1 saturated carbocycles. The van der Waals surface area contributed by atoms with Crippen LogP contribution in [-0.2, 0) is 10.0 Å². The lowest BCUT2D eigenvalue weighted by Crippen LogP contribution is -2.35. The van der Waals surface area contributed by atoms with Crippen LogP contribution in [0.15, 0.2) is 0 Å². The number of alkyl halides is 1. The van der Waals surface area contributed by atoms with Gasteiger partial charge in [-0.1, -0.05) is 13.3 Å². The molecule has 0 aromatic rings. The summed E-state index contributed by atoms with van der Waals surface area (Å²) in [6, 6.07) is 0.299. The molecule has 1 aliphatic carbocycles. The minimum atomic E-state index is -3.03. The molecule has 3 nitrogen and oxygen atoms in total. The molecule has 0 aromatic heterocycles. The molecule has 5 heteroatoms. The smallest absolute Gasteiger partial charge is 0.212 e. The van der Waals surface area contributed by atoms with Gasteiger partial charge in [0.2, 0.25) is 10.0 Å². The Kier molecular flexibility index (Phi) is 6.08. The fourth-order valence-corrected chi connectivity index (χ4v) is 3.79. The van der Waals surface area contributed by atoms with E-state index in [0.717, 1.165) is 32.1 Å². The molecule has 0 unspecified atom stereocenters. The van der Waals surface area contributed by atoms with Crippen molar-refractivity contribution in [1.29, 1.82) is 0 Å². The van der Waals surface area contributed by atoms with Crippen LogP contribution in [0.4, 0.5) is 0 Å². The number of unbranched alkanes of at least 4 members (excludes halogenated alkanes) is 2. The number of rotatable bonds is 9. The molecule has 0 aromatic carbocycles. The number of sulfonamides is 1. The van der Waals surface area contributed by atoms with E-state index < -0.39 is 10.0 Å². The molecule has 1 aliphatic rings. The Morgan fingerprint density at radius 2 is 1.94 bits per heavy atom. The second-order valence-corrected chi connectivity index (χ2v) is 6.83. The molecule has 0 bridgehead atoms. The standard InChI is InChI=1S/C11H22ClNO2S/c1-2-3-9-13(11-6-7-11)16(14,15)10-5-4-8-12/h11H,2-10H2,1H3. The van der Waals surface area contributed by atoms with Gasteiger partial charge in [-0.3, -0.25) is 0 Å². The summed E-state index contributed by atoms with van der Waals surface area (Å²) in [5.74, 6) is 0.813. The lowest BCUT2D eigenvalue weighted by Gasteiger charge is -2.21. The van der Waals surface area contributed by atoms with E-state index in [-0.39, 0.29) is 5.75 Å². The van der Waals surface area contributed by atoms with Crippen LogP contribution < -0.4 is 0 Å². The highest BCUT2D eigenvalue weighted by atomic mass is 35.5. The van der Waals surface area contributed by atoms with Crippen molar-refractivity contribution in [3.63, 3.8) is 0 Å². The van der Waals surface area contributed by atoms with Gasteiger partial charge in [0, 0.05) is 18.5 Å². The Labute approximate surface area is 104 Å². The molecule has 0 radical (unpaired) electrons. The number of hydrogen-bond donors (Lipinski definition) is 0. The third kappa shape index (κ3) is 4.60. The van der Waals surface area contributed by atoms with E-state index in [2.05, 4.69) is 6.92 Å². The normalized spacial score (nSPS) is 16.9. The van der Waals surface area contributed by atoms with Gasteiger partial charge in [0.15, 0.2) is 0 Å². The van der Waals surface area contributed by atoms with Gasteiger partial charge in [-0.05, 0) is 32.1 Å². The van der Waals surface area contributed by atoms with Gasteiger partial charge >= 0.3 is 0 Å². The van der Waals surface area contributed by atoms with E-state index in [1.54, 1.807) is 4.31 Å². The number of nitrogens with zero attached hydrogens (tertiary/aromatic N) is 1. The molecular weight excluding hydrogens is 246 g/mol. The first-order valence-electron chi connectivity index (χ1n) is 6.17. The van der Waals surface area contributed by atoms with Crippen LogP contribution in [0.1, 0.15) is 45.4 Å². The van der Waals surface area contributed by atoms with E-state index in [9.17, 15) is 8.42 Å². The van der Waals surface area contributed by atoms with Crippen LogP contribution in [0.5, 0.6) is 0 Å². The molecule has 1 fully saturated rings. The summed E-state index contributed by atoms with van der Waals surface area (Å²) < 4.78 is 25.9. The van der Waals surface area contributed by atoms with Crippen molar-refractivity contribution in [2.75, 3.05) is 18.2 Å². The van der Waals surface area contributed by atoms with Crippen LogP contribution in [0, 0.1) is 0 Å². The predicted molar refractivity (Wildman–Crippen MR) is 68.4 cm³/mol. The van der Waals surface area contributed by atoms with Crippen LogP contribution in [-0.4, -0.2) is 36.9 Å². The Bertz CT molecular complexity index is 288. The van der Waals surface area contributed by atoms with Crippen molar-refractivity contribution < 1.29 is 8.42 Å².